The van der Waals surface area contributed by atoms with Crippen LogP contribution < -0.4 is 14.8 Å². The standard InChI is InChI=1S/C23H24N2O4S2/c1-16-6-4-5-7-22(16)25-31(27,28)21-14-8-18(9-15-21)24-23(26)17(2)30-20-12-10-19(29-3)11-13-20/h4-15,17,25H,1-3H3,(H,24,26). The lowest BCUT2D eigenvalue weighted by Gasteiger charge is -2.13. The SMILES string of the molecule is COc1ccc(SC(C)C(=O)Nc2ccc(S(=O)(=O)Nc3ccccc3C)cc2)cc1. The van der Waals surface area contributed by atoms with E-state index in [9.17, 15) is 13.2 Å². The van der Waals surface area contributed by atoms with Gasteiger partial charge in [0.1, 0.15) is 5.75 Å². The van der Waals surface area contributed by atoms with Crippen LogP contribution in [0.3, 0.4) is 0 Å². The van der Waals surface area contributed by atoms with Crippen LogP contribution in [0.5, 0.6) is 5.75 Å². The van der Waals surface area contributed by atoms with Crippen LogP contribution in [0.4, 0.5) is 11.4 Å². The number of rotatable bonds is 8. The number of ether oxygens (including phenoxy) is 1. The van der Waals surface area contributed by atoms with Crippen LogP contribution in [-0.2, 0) is 14.8 Å². The predicted molar refractivity (Wildman–Crippen MR) is 125 cm³/mol. The second kappa shape index (κ2) is 9.89. The quantitative estimate of drug-likeness (QED) is 0.470. The Morgan fingerprint density at radius 1 is 0.968 bits per heavy atom. The number of hydrogen-bond acceptors (Lipinski definition) is 5. The first-order valence-corrected chi connectivity index (χ1v) is 11.9. The summed E-state index contributed by atoms with van der Waals surface area (Å²) in [5.41, 5.74) is 1.89. The number of hydrogen-bond donors (Lipinski definition) is 2. The fourth-order valence-corrected chi connectivity index (χ4v) is 4.76. The third kappa shape index (κ3) is 6.02. The Labute approximate surface area is 187 Å². The highest BCUT2D eigenvalue weighted by molar-refractivity contribution is 8.00. The molecule has 0 aliphatic heterocycles. The lowest BCUT2D eigenvalue weighted by molar-refractivity contribution is -0.115. The lowest BCUT2D eigenvalue weighted by atomic mass is 10.2. The summed E-state index contributed by atoms with van der Waals surface area (Å²) in [6, 6.07) is 20.7. The normalized spacial score (nSPS) is 12.1. The molecule has 162 valence electrons. The zero-order valence-corrected chi connectivity index (χ0v) is 19.1. The fraction of sp³-hybridized carbons (Fsp3) is 0.174. The predicted octanol–water partition coefficient (Wildman–Crippen LogP) is 4.92. The van der Waals surface area contributed by atoms with Gasteiger partial charge in [-0.1, -0.05) is 18.2 Å². The summed E-state index contributed by atoms with van der Waals surface area (Å²) in [4.78, 5) is 13.6. The summed E-state index contributed by atoms with van der Waals surface area (Å²) in [7, 11) is -2.12. The Morgan fingerprint density at radius 3 is 2.23 bits per heavy atom. The molecule has 0 fully saturated rings. The van der Waals surface area contributed by atoms with Gasteiger partial charge in [-0.15, -0.1) is 11.8 Å². The molecule has 31 heavy (non-hydrogen) atoms. The minimum atomic E-state index is -3.72. The molecular formula is C23H24N2O4S2. The van der Waals surface area contributed by atoms with Crippen molar-refractivity contribution in [2.45, 2.75) is 28.9 Å². The van der Waals surface area contributed by atoms with Crippen molar-refractivity contribution in [3.63, 3.8) is 0 Å². The Hall–Kier alpha value is -2.97. The maximum atomic E-state index is 12.6. The zero-order chi connectivity index (χ0) is 22.4. The van der Waals surface area contributed by atoms with Crippen LogP contribution in [0.15, 0.2) is 82.6 Å². The zero-order valence-electron chi connectivity index (χ0n) is 17.5. The molecule has 1 amide bonds. The molecule has 1 unspecified atom stereocenters. The van der Waals surface area contributed by atoms with Crippen molar-refractivity contribution in [3.05, 3.63) is 78.4 Å². The van der Waals surface area contributed by atoms with Gasteiger partial charge in [-0.25, -0.2) is 8.42 Å². The van der Waals surface area contributed by atoms with Crippen molar-refractivity contribution in [2.24, 2.45) is 0 Å². The third-order valence-corrected chi connectivity index (χ3v) is 7.06. The van der Waals surface area contributed by atoms with Crippen LogP contribution in [0.25, 0.3) is 0 Å². The Bertz CT molecular complexity index is 1140. The summed E-state index contributed by atoms with van der Waals surface area (Å²) >= 11 is 1.43. The highest BCUT2D eigenvalue weighted by atomic mass is 32.2. The smallest absolute Gasteiger partial charge is 0.261 e. The topological polar surface area (TPSA) is 84.5 Å². The molecule has 8 heteroatoms. The van der Waals surface area contributed by atoms with E-state index in [1.54, 1.807) is 31.4 Å². The molecule has 6 nitrogen and oxygen atoms in total. The number of anilines is 2. The van der Waals surface area contributed by atoms with Gasteiger partial charge in [0.05, 0.1) is 22.9 Å². The monoisotopic (exact) mass is 456 g/mol. The van der Waals surface area contributed by atoms with E-state index in [0.29, 0.717) is 11.4 Å². The van der Waals surface area contributed by atoms with Crippen molar-refractivity contribution >= 4 is 39.1 Å². The number of carbonyl (C=O) groups excluding carboxylic acids is 1. The third-order valence-electron chi connectivity index (χ3n) is 4.56. The molecule has 2 N–H and O–H groups in total. The number of sulfonamides is 1. The van der Waals surface area contributed by atoms with E-state index in [1.807, 2.05) is 50.2 Å². The van der Waals surface area contributed by atoms with Gasteiger partial charge < -0.3 is 10.1 Å². The number of thioether (sulfide) groups is 1. The number of carbonyl (C=O) groups is 1. The number of benzene rings is 3. The van der Waals surface area contributed by atoms with E-state index >= 15 is 0 Å². The van der Waals surface area contributed by atoms with E-state index in [2.05, 4.69) is 10.0 Å². The number of nitrogens with one attached hydrogen (secondary N) is 2. The molecule has 3 aromatic carbocycles. The van der Waals surface area contributed by atoms with Crippen molar-refractivity contribution in [1.29, 1.82) is 0 Å². The lowest BCUT2D eigenvalue weighted by Crippen LogP contribution is -2.22. The second-order valence-corrected chi connectivity index (χ2v) is 9.97. The van der Waals surface area contributed by atoms with Gasteiger partial charge in [0.15, 0.2) is 0 Å². The van der Waals surface area contributed by atoms with Gasteiger partial charge >= 0.3 is 0 Å². The molecule has 0 saturated heterocycles. The Kier molecular flexibility index (Phi) is 7.25. The van der Waals surface area contributed by atoms with Gasteiger partial charge in [-0.05, 0) is 74.0 Å². The van der Waals surface area contributed by atoms with Gasteiger partial charge in [-0.3, -0.25) is 9.52 Å². The molecule has 3 rings (SSSR count). The van der Waals surface area contributed by atoms with Crippen LogP contribution in [0.2, 0.25) is 0 Å². The maximum absolute atomic E-state index is 12.6. The van der Waals surface area contributed by atoms with Gasteiger partial charge in [0.25, 0.3) is 10.0 Å². The minimum Gasteiger partial charge on any atom is -0.497 e. The molecule has 1 atom stereocenters. The average molecular weight is 457 g/mol. The van der Waals surface area contributed by atoms with Crippen molar-refractivity contribution in [2.75, 3.05) is 17.1 Å². The van der Waals surface area contributed by atoms with Gasteiger partial charge in [0, 0.05) is 10.6 Å². The first kappa shape index (κ1) is 22.7. The summed E-state index contributed by atoms with van der Waals surface area (Å²) in [6.45, 7) is 3.65. The first-order valence-electron chi connectivity index (χ1n) is 9.58. The van der Waals surface area contributed by atoms with Crippen molar-refractivity contribution in [3.8, 4) is 5.75 Å². The van der Waals surface area contributed by atoms with Crippen molar-refractivity contribution in [1.82, 2.24) is 0 Å². The highest BCUT2D eigenvalue weighted by Gasteiger charge is 2.17. The Balaban J connectivity index is 1.62. The van der Waals surface area contributed by atoms with Gasteiger partial charge in [-0.2, -0.15) is 0 Å². The van der Waals surface area contributed by atoms with Crippen LogP contribution in [0.1, 0.15) is 12.5 Å². The number of amides is 1. The summed E-state index contributed by atoms with van der Waals surface area (Å²) in [6.07, 6.45) is 0. The summed E-state index contributed by atoms with van der Waals surface area (Å²) in [5, 5.41) is 2.49. The maximum Gasteiger partial charge on any atom is 0.261 e. The minimum absolute atomic E-state index is 0.120. The van der Waals surface area contributed by atoms with E-state index in [1.165, 1.54) is 23.9 Å². The van der Waals surface area contributed by atoms with E-state index in [0.717, 1.165) is 16.2 Å². The van der Waals surface area contributed by atoms with E-state index in [4.69, 9.17) is 4.74 Å². The van der Waals surface area contributed by atoms with Crippen LogP contribution in [-0.4, -0.2) is 26.7 Å². The fourth-order valence-electron chi connectivity index (χ4n) is 2.76. The molecule has 3 aromatic rings. The second-order valence-electron chi connectivity index (χ2n) is 6.87. The Morgan fingerprint density at radius 2 is 1.61 bits per heavy atom. The molecule has 0 aliphatic carbocycles. The highest BCUT2D eigenvalue weighted by Crippen LogP contribution is 2.26. The molecule has 0 aromatic heterocycles. The first-order chi connectivity index (χ1) is 14.8. The van der Waals surface area contributed by atoms with E-state index in [-0.39, 0.29) is 16.1 Å². The molecule has 0 saturated carbocycles. The van der Waals surface area contributed by atoms with Crippen molar-refractivity contribution < 1.29 is 17.9 Å². The van der Waals surface area contributed by atoms with Crippen LogP contribution in [0, 0.1) is 6.92 Å². The summed E-state index contributed by atoms with van der Waals surface area (Å²) < 4.78 is 33.0. The number of methoxy groups -OCH3 is 1. The molecule has 0 radical (unpaired) electrons. The molecule has 0 bridgehead atoms. The molecular weight excluding hydrogens is 432 g/mol. The van der Waals surface area contributed by atoms with E-state index < -0.39 is 10.0 Å². The summed E-state index contributed by atoms with van der Waals surface area (Å²) in [5.74, 6) is 0.586. The molecule has 0 aliphatic rings. The van der Waals surface area contributed by atoms with Gasteiger partial charge in [0.2, 0.25) is 5.91 Å². The molecule has 0 spiro atoms. The van der Waals surface area contributed by atoms with Crippen LogP contribution >= 0.6 is 11.8 Å². The number of para-hydroxylation sites is 1. The average Bonchev–Trinajstić information content (AvgIpc) is 2.76. The molecule has 0 heterocycles. The largest absolute Gasteiger partial charge is 0.497 e. The number of aryl methyl sites for hydroxylation is 1.